The van der Waals surface area contributed by atoms with Crippen LogP contribution < -0.4 is 10.6 Å². The highest BCUT2D eigenvalue weighted by molar-refractivity contribution is 5.45. The molecule has 0 bridgehead atoms. The summed E-state index contributed by atoms with van der Waals surface area (Å²) < 4.78 is 0. The van der Waals surface area contributed by atoms with Crippen LogP contribution in [0.2, 0.25) is 0 Å². The van der Waals surface area contributed by atoms with Crippen molar-refractivity contribution in [2.75, 3.05) is 24.2 Å². The molecule has 0 radical (unpaired) electrons. The van der Waals surface area contributed by atoms with E-state index in [1.54, 1.807) is 6.33 Å². The molecule has 5 heteroatoms. The minimum atomic E-state index is -0.0822. The number of nitrogens with one attached hydrogen (secondary N) is 2. The molecule has 1 saturated carbocycles. The third kappa shape index (κ3) is 3.56. The number of anilines is 2. The zero-order valence-electron chi connectivity index (χ0n) is 10.2. The van der Waals surface area contributed by atoms with Crippen molar-refractivity contribution in [3.05, 3.63) is 12.4 Å². The van der Waals surface area contributed by atoms with E-state index in [0.29, 0.717) is 5.92 Å². The van der Waals surface area contributed by atoms with Crippen LogP contribution in [0.5, 0.6) is 0 Å². The van der Waals surface area contributed by atoms with Crippen LogP contribution in [0, 0.1) is 5.92 Å². The highest BCUT2D eigenvalue weighted by Crippen LogP contribution is 2.24. The van der Waals surface area contributed by atoms with Gasteiger partial charge < -0.3 is 15.7 Å². The van der Waals surface area contributed by atoms with Crippen molar-refractivity contribution in [1.29, 1.82) is 0 Å². The van der Waals surface area contributed by atoms with Crippen molar-refractivity contribution >= 4 is 11.6 Å². The molecule has 94 valence electrons. The molecule has 0 spiro atoms. The second kappa shape index (κ2) is 5.82. The summed E-state index contributed by atoms with van der Waals surface area (Å²) in [4.78, 5) is 8.24. The maximum absolute atomic E-state index is 9.43. The summed E-state index contributed by atoms with van der Waals surface area (Å²) in [5.41, 5.74) is 0. The van der Waals surface area contributed by atoms with E-state index in [1.165, 1.54) is 0 Å². The summed E-state index contributed by atoms with van der Waals surface area (Å²) in [6.07, 6.45) is 5.52. The third-order valence-electron chi connectivity index (χ3n) is 3.31. The molecule has 1 aliphatic rings. The highest BCUT2D eigenvalue weighted by atomic mass is 16.3. The van der Waals surface area contributed by atoms with Crippen LogP contribution in [0.15, 0.2) is 12.4 Å². The first-order valence-corrected chi connectivity index (χ1v) is 6.19. The quantitative estimate of drug-likeness (QED) is 0.738. The Bertz CT molecular complexity index is 350. The zero-order chi connectivity index (χ0) is 12.1. The van der Waals surface area contributed by atoms with E-state index in [1.807, 2.05) is 13.1 Å². The van der Waals surface area contributed by atoms with Gasteiger partial charge in [-0.3, -0.25) is 0 Å². The summed E-state index contributed by atoms with van der Waals surface area (Å²) in [7, 11) is 1.84. The predicted octanol–water partition coefficient (Wildman–Crippen LogP) is 1.48. The average molecular weight is 236 g/mol. The molecular weight excluding hydrogens is 216 g/mol. The Balaban J connectivity index is 1.81. The molecule has 0 aromatic carbocycles. The third-order valence-corrected chi connectivity index (χ3v) is 3.31. The molecule has 0 aliphatic heterocycles. The molecule has 17 heavy (non-hydrogen) atoms. The Morgan fingerprint density at radius 2 is 1.94 bits per heavy atom. The first-order chi connectivity index (χ1) is 8.28. The zero-order valence-corrected chi connectivity index (χ0v) is 10.2. The van der Waals surface area contributed by atoms with Gasteiger partial charge in [-0.15, -0.1) is 0 Å². The first kappa shape index (κ1) is 12.1. The molecule has 2 rings (SSSR count). The molecule has 5 nitrogen and oxygen atoms in total. The van der Waals surface area contributed by atoms with Crippen LogP contribution in [-0.4, -0.2) is 34.8 Å². The van der Waals surface area contributed by atoms with Gasteiger partial charge in [-0.25, -0.2) is 9.97 Å². The lowest BCUT2D eigenvalue weighted by molar-refractivity contribution is 0.111. The Hall–Kier alpha value is -1.36. The van der Waals surface area contributed by atoms with Gasteiger partial charge in [0.15, 0.2) is 0 Å². The SMILES string of the molecule is CNc1cc(NCC2CCC(O)CC2)ncn1. The van der Waals surface area contributed by atoms with Crippen LogP contribution in [-0.2, 0) is 0 Å². The van der Waals surface area contributed by atoms with Gasteiger partial charge in [0.2, 0.25) is 0 Å². The largest absolute Gasteiger partial charge is 0.393 e. The normalized spacial score (nSPS) is 24.4. The lowest BCUT2D eigenvalue weighted by atomic mass is 9.87. The van der Waals surface area contributed by atoms with E-state index in [0.717, 1.165) is 43.9 Å². The number of aliphatic hydroxyl groups excluding tert-OH is 1. The fraction of sp³-hybridized carbons (Fsp3) is 0.667. The standard InChI is InChI=1S/C12H20N4O/c1-13-11-6-12(16-8-15-11)14-7-9-2-4-10(17)5-3-9/h6,8-10,17H,2-5,7H2,1H3,(H2,13,14,15,16). The molecule has 1 aliphatic carbocycles. The number of aromatic nitrogens is 2. The molecule has 1 fully saturated rings. The Morgan fingerprint density at radius 3 is 2.65 bits per heavy atom. The van der Waals surface area contributed by atoms with Gasteiger partial charge in [0.25, 0.3) is 0 Å². The summed E-state index contributed by atoms with van der Waals surface area (Å²) in [5, 5.41) is 15.7. The second-order valence-corrected chi connectivity index (χ2v) is 4.59. The summed E-state index contributed by atoms with van der Waals surface area (Å²) >= 11 is 0. The lowest BCUT2D eigenvalue weighted by Gasteiger charge is -2.25. The fourth-order valence-electron chi connectivity index (χ4n) is 2.19. The molecule has 3 N–H and O–H groups in total. The van der Waals surface area contributed by atoms with Gasteiger partial charge >= 0.3 is 0 Å². The highest BCUT2D eigenvalue weighted by Gasteiger charge is 2.18. The minimum absolute atomic E-state index is 0.0822. The van der Waals surface area contributed by atoms with Crippen LogP contribution in [0.4, 0.5) is 11.6 Å². The number of rotatable bonds is 4. The molecule has 1 aromatic rings. The van der Waals surface area contributed by atoms with E-state index < -0.39 is 0 Å². The number of hydrogen-bond donors (Lipinski definition) is 3. The number of hydrogen-bond acceptors (Lipinski definition) is 5. The van der Waals surface area contributed by atoms with Crippen molar-refractivity contribution in [3.63, 3.8) is 0 Å². The van der Waals surface area contributed by atoms with E-state index in [9.17, 15) is 5.11 Å². The summed E-state index contributed by atoms with van der Waals surface area (Å²) in [6, 6.07) is 1.90. The Kier molecular flexibility index (Phi) is 4.14. The first-order valence-electron chi connectivity index (χ1n) is 6.19. The smallest absolute Gasteiger partial charge is 0.131 e. The minimum Gasteiger partial charge on any atom is -0.393 e. The van der Waals surface area contributed by atoms with E-state index in [2.05, 4.69) is 20.6 Å². The van der Waals surface area contributed by atoms with Crippen molar-refractivity contribution in [3.8, 4) is 0 Å². The van der Waals surface area contributed by atoms with Crippen LogP contribution in [0.3, 0.4) is 0 Å². The molecule has 0 saturated heterocycles. The van der Waals surface area contributed by atoms with Crippen molar-refractivity contribution in [2.45, 2.75) is 31.8 Å². The van der Waals surface area contributed by atoms with Crippen molar-refractivity contribution < 1.29 is 5.11 Å². The molecular formula is C12H20N4O. The van der Waals surface area contributed by atoms with Gasteiger partial charge in [-0.2, -0.15) is 0 Å². The van der Waals surface area contributed by atoms with Gasteiger partial charge in [0.1, 0.15) is 18.0 Å². The average Bonchev–Trinajstić information content (AvgIpc) is 2.38. The van der Waals surface area contributed by atoms with E-state index >= 15 is 0 Å². The molecule has 0 atom stereocenters. The predicted molar refractivity (Wildman–Crippen MR) is 68.0 cm³/mol. The number of aliphatic hydroxyl groups is 1. The van der Waals surface area contributed by atoms with Gasteiger partial charge in [0, 0.05) is 19.7 Å². The van der Waals surface area contributed by atoms with Crippen molar-refractivity contribution in [1.82, 2.24) is 9.97 Å². The molecule has 0 unspecified atom stereocenters. The topological polar surface area (TPSA) is 70.1 Å². The van der Waals surface area contributed by atoms with Gasteiger partial charge in [0.05, 0.1) is 6.10 Å². The van der Waals surface area contributed by atoms with Gasteiger partial charge in [-0.05, 0) is 31.6 Å². The van der Waals surface area contributed by atoms with Crippen LogP contribution >= 0.6 is 0 Å². The monoisotopic (exact) mass is 236 g/mol. The van der Waals surface area contributed by atoms with Crippen LogP contribution in [0.1, 0.15) is 25.7 Å². The molecule has 0 amide bonds. The second-order valence-electron chi connectivity index (χ2n) is 4.59. The van der Waals surface area contributed by atoms with Crippen LogP contribution in [0.25, 0.3) is 0 Å². The summed E-state index contributed by atoms with van der Waals surface area (Å²) in [5.74, 6) is 2.32. The van der Waals surface area contributed by atoms with Gasteiger partial charge in [-0.1, -0.05) is 0 Å². The molecule has 1 aromatic heterocycles. The maximum Gasteiger partial charge on any atom is 0.131 e. The molecule has 1 heterocycles. The van der Waals surface area contributed by atoms with E-state index in [-0.39, 0.29) is 6.10 Å². The fourth-order valence-corrected chi connectivity index (χ4v) is 2.19. The lowest BCUT2D eigenvalue weighted by Crippen LogP contribution is -2.23. The Morgan fingerprint density at radius 1 is 1.24 bits per heavy atom. The Labute approximate surface area is 102 Å². The maximum atomic E-state index is 9.43. The van der Waals surface area contributed by atoms with Crippen molar-refractivity contribution in [2.24, 2.45) is 5.92 Å². The summed E-state index contributed by atoms with van der Waals surface area (Å²) in [6.45, 7) is 0.923. The number of nitrogens with zero attached hydrogens (tertiary/aromatic N) is 2. The van der Waals surface area contributed by atoms with E-state index in [4.69, 9.17) is 0 Å².